The highest BCUT2D eigenvalue weighted by Crippen LogP contribution is 2.17. The molecule has 1 saturated heterocycles. The standard InChI is InChI=1S/C15H21ClN2OS/c1-11-5-6-17-8-14(11)18-15(19)10-20-9-12-3-2-4-13(16)7-12/h2-4,7,11,14,17H,5-6,8-10H2,1H3,(H,18,19). The third kappa shape index (κ3) is 5.00. The first-order chi connectivity index (χ1) is 9.65. The van der Waals surface area contributed by atoms with E-state index in [9.17, 15) is 4.79 Å². The Bertz CT molecular complexity index is 455. The van der Waals surface area contributed by atoms with E-state index in [2.05, 4.69) is 17.6 Å². The van der Waals surface area contributed by atoms with Crippen molar-refractivity contribution in [2.75, 3.05) is 18.8 Å². The lowest BCUT2D eigenvalue weighted by Crippen LogP contribution is -2.50. The smallest absolute Gasteiger partial charge is 0.230 e. The van der Waals surface area contributed by atoms with Gasteiger partial charge in [-0.2, -0.15) is 0 Å². The molecule has 0 saturated carbocycles. The molecule has 0 aliphatic carbocycles. The maximum Gasteiger partial charge on any atom is 0.230 e. The minimum absolute atomic E-state index is 0.123. The van der Waals surface area contributed by atoms with E-state index >= 15 is 0 Å². The Kier molecular flexibility index (Phi) is 6.20. The molecular formula is C15H21ClN2OS. The lowest BCUT2D eigenvalue weighted by atomic mass is 9.95. The minimum Gasteiger partial charge on any atom is -0.351 e. The van der Waals surface area contributed by atoms with Crippen LogP contribution in [0.2, 0.25) is 5.02 Å². The van der Waals surface area contributed by atoms with Crippen LogP contribution in [0.25, 0.3) is 0 Å². The second-order valence-electron chi connectivity index (χ2n) is 5.27. The van der Waals surface area contributed by atoms with Crippen LogP contribution in [0.4, 0.5) is 0 Å². The van der Waals surface area contributed by atoms with E-state index in [4.69, 9.17) is 11.6 Å². The van der Waals surface area contributed by atoms with Crippen LogP contribution in [-0.2, 0) is 10.5 Å². The molecule has 5 heteroatoms. The summed E-state index contributed by atoms with van der Waals surface area (Å²) in [6.45, 7) is 4.13. The van der Waals surface area contributed by atoms with Gasteiger partial charge < -0.3 is 10.6 Å². The van der Waals surface area contributed by atoms with E-state index in [0.717, 1.165) is 35.8 Å². The summed E-state index contributed by atoms with van der Waals surface area (Å²) in [6, 6.07) is 8.04. The molecule has 0 bridgehead atoms. The molecule has 1 aromatic carbocycles. The number of hydrogen-bond donors (Lipinski definition) is 2. The molecule has 2 unspecified atom stereocenters. The molecule has 1 aromatic rings. The van der Waals surface area contributed by atoms with Crippen molar-refractivity contribution in [1.29, 1.82) is 0 Å². The number of hydrogen-bond acceptors (Lipinski definition) is 3. The molecule has 1 aliphatic heterocycles. The number of piperidine rings is 1. The summed E-state index contributed by atoms with van der Waals surface area (Å²) in [5, 5.41) is 7.19. The third-order valence-corrected chi connectivity index (χ3v) is 4.80. The van der Waals surface area contributed by atoms with Crippen molar-refractivity contribution < 1.29 is 4.79 Å². The molecule has 1 amide bonds. The van der Waals surface area contributed by atoms with E-state index in [1.807, 2.05) is 24.3 Å². The molecule has 2 atom stereocenters. The normalized spacial score (nSPS) is 22.5. The Labute approximate surface area is 129 Å². The van der Waals surface area contributed by atoms with Gasteiger partial charge in [0.1, 0.15) is 0 Å². The zero-order chi connectivity index (χ0) is 14.4. The summed E-state index contributed by atoms with van der Waals surface area (Å²) in [6.07, 6.45) is 1.13. The van der Waals surface area contributed by atoms with Crippen molar-refractivity contribution in [3.8, 4) is 0 Å². The van der Waals surface area contributed by atoms with Crippen molar-refractivity contribution >= 4 is 29.3 Å². The number of amides is 1. The molecule has 1 aliphatic rings. The van der Waals surface area contributed by atoms with Gasteiger partial charge in [-0.25, -0.2) is 0 Å². The van der Waals surface area contributed by atoms with Gasteiger partial charge >= 0.3 is 0 Å². The van der Waals surface area contributed by atoms with Crippen LogP contribution >= 0.6 is 23.4 Å². The van der Waals surface area contributed by atoms with Crippen LogP contribution in [-0.4, -0.2) is 30.8 Å². The van der Waals surface area contributed by atoms with E-state index in [1.54, 1.807) is 11.8 Å². The van der Waals surface area contributed by atoms with E-state index < -0.39 is 0 Å². The zero-order valence-electron chi connectivity index (χ0n) is 11.7. The molecule has 1 heterocycles. The van der Waals surface area contributed by atoms with Gasteiger partial charge in [0.2, 0.25) is 5.91 Å². The summed E-state index contributed by atoms with van der Waals surface area (Å²) in [5.74, 6) is 1.98. The maximum absolute atomic E-state index is 11.9. The average Bonchev–Trinajstić information content (AvgIpc) is 2.41. The predicted octanol–water partition coefficient (Wildman–Crippen LogP) is 2.69. The molecule has 0 spiro atoms. The summed E-state index contributed by atoms with van der Waals surface area (Å²) < 4.78 is 0. The van der Waals surface area contributed by atoms with Gasteiger partial charge in [0.25, 0.3) is 0 Å². The molecule has 0 aromatic heterocycles. The number of benzene rings is 1. The molecular weight excluding hydrogens is 292 g/mol. The van der Waals surface area contributed by atoms with Gasteiger partial charge in [0, 0.05) is 23.4 Å². The maximum atomic E-state index is 11.9. The highest BCUT2D eigenvalue weighted by Gasteiger charge is 2.22. The largest absolute Gasteiger partial charge is 0.351 e. The van der Waals surface area contributed by atoms with Crippen LogP contribution in [0.1, 0.15) is 18.9 Å². The first-order valence-electron chi connectivity index (χ1n) is 6.97. The highest BCUT2D eigenvalue weighted by atomic mass is 35.5. The van der Waals surface area contributed by atoms with Gasteiger partial charge in [-0.3, -0.25) is 4.79 Å². The lowest BCUT2D eigenvalue weighted by molar-refractivity contribution is -0.119. The predicted molar refractivity (Wildman–Crippen MR) is 86.2 cm³/mol. The summed E-state index contributed by atoms with van der Waals surface area (Å²) in [4.78, 5) is 11.9. The summed E-state index contributed by atoms with van der Waals surface area (Å²) >= 11 is 7.56. The monoisotopic (exact) mass is 312 g/mol. The second-order valence-corrected chi connectivity index (χ2v) is 6.69. The average molecular weight is 313 g/mol. The first kappa shape index (κ1) is 15.7. The fourth-order valence-corrected chi connectivity index (χ4v) is 3.32. The van der Waals surface area contributed by atoms with Crippen molar-refractivity contribution in [3.63, 3.8) is 0 Å². The van der Waals surface area contributed by atoms with E-state index in [-0.39, 0.29) is 11.9 Å². The Balaban J connectivity index is 1.70. The zero-order valence-corrected chi connectivity index (χ0v) is 13.3. The Morgan fingerprint density at radius 1 is 1.55 bits per heavy atom. The first-order valence-corrected chi connectivity index (χ1v) is 8.50. The summed E-state index contributed by atoms with van der Waals surface area (Å²) in [7, 11) is 0. The van der Waals surface area contributed by atoms with Gasteiger partial charge in [0.15, 0.2) is 0 Å². The van der Waals surface area contributed by atoms with Crippen molar-refractivity contribution in [2.24, 2.45) is 5.92 Å². The van der Waals surface area contributed by atoms with Crippen LogP contribution < -0.4 is 10.6 Å². The Morgan fingerprint density at radius 3 is 3.15 bits per heavy atom. The fourth-order valence-electron chi connectivity index (χ4n) is 2.32. The minimum atomic E-state index is 0.123. The Hall–Kier alpha value is -0.710. The number of halogens is 1. The number of nitrogens with one attached hydrogen (secondary N) is 2. The molecule has 1 fully saturated rings. The van der Waals surface area contributed by atoms with Crippen LogP contribution in [0.15, 0.2) is 24.3 Å². The van der Waals surface area contributed by atoms with Crippen molar-refractivity contribution in [3.05, 3.63) is 34.9 Å². The summed E-state index contributed by atoms with van der Waals surface area (Å²) in [5.41, 5.74) is 1.16. The molecule has 2 N–H and O–H groups in total. The third-order valence-electron chi connectivity index (χ3n) is 3.56. The Morgan fingerprint density at radius 2 is 2.40 bits per heavy atom. The van der Waals surface area contributed by atoms with Gasteiger partial charge in [-0.15, -0.1) is 11.8 Å². The molecule has 0 radical (unpaired) electrons. The highest BCUT2D eigenvalue weighted by molar-refractivity contribution is 7.99. The molecule has 3 nitrogen and oxygen atoms in total. The van der Waals surface area contributed by atoms with Crippen LogP contribution in [0.5, 0.6) is 0 Å². The number of thioether (sulfide) groups is 1. The van der Waals surface area contributed by atoms with Crippen molar-refractivity contribution in [1.82, 2.24) is 10.6 Å². The van der Waals surface area contributed by atoms with Gasteiger partial charge in [0.05, 0.1) is 5.75 Å². The lowest BCUT2D eigenvalue weighted by Gasteiger charge is -2.30. The quantitative estimate of drug-likeness (QED) is 0.878. The van der Waals surface area contributed by atoms with Crippen LogP contribution in [0, 0.1) is 5.92 Å². The van der Waals surface area contributed by atoms with E-state index in [0.29, 0.717) is 11.7 Å². The number of rotatable bonds is 5. The topological polar surface area (TPSA) is 41.1 Å². The van der Waals surface area contributed by atoms with Crippen molar-refractivity contribution in [2.45, 2.75) is 25.1 Å². The SMILES string of the molecule is CC1CCNCC1NC(=O)CSCc1cccc(Cl)c1. The number of carbonyl (C=O) groups excluding carboxylic acids is 1. The van der Waals surface area contributed by atoms with E-state index in [1.165, 1.54) is 0 Å². The molecule has 110 valence electrons. The molecule has 20 heavy (non-hydrogen) atoms. The van der Waals surface area contributed by atoms with Gasteiger partial charge in [-0.1, -0.05) is 30.7 Å². The van der Waals surface area contributed by atoms with Gasteiger partial charge in [-0.05, 0) is 36.6 Å². The number of carbonyl (C=O) groups is 1. The fraction of sp³-hybridized carbons (Fsp3) is 0.533. The molecule has 2 rings (SSSR count). The second kappa shape index (κ2) is 7.91. The van der Waals surface area contributed by atoms with Crippen LogP contribution in [0.3, 0.4) is 0 Å².